The molecule has 5 nitrogen and oxygen atoms in total. The lowest BCUT2D eigenvalue weighted by molar-refractivity contribution is 0.0455. The van der Waals surface area contributed by atoms with E-state index < -0.39 is 17.4 Å². The molecule has 1 aromatic heterocycles. The lowest BCUT2D eigenvalue weighted by atomic mass is 9.97. The quantitative estimate of drug-likeness (QED) is 0.724. The van der Waals surface area contributed by atoms with E-state index in [1.54, 1.807) is 0 Å². The molecule has 1 heterocycles. The lowest BCUT2D eigenvalue weighted by Crippen LogP contribution is -2.36. The van der Waals surface area contributed by atoms with Crippen LogP contribution in [0.1, 0.15) is 37.0 Å². The van der Waals surface area contributed by atoms with Crippen molar-refractivity contribution in [1.29, 1.82) is 0 Å². The zero-order valence-electron chi connectivity index (χ0n) is 10.4. The minimum Gasteiger partial charge on any atom is -0.478 e. The highest BCUT2D eigenvalue weighted by atomic mass is 19.1. The Bertz CT molecular complexity index is 433. The third-order valence-corrected chi connectivity index (χ3v) is 2.99. The van der Waals surface area contributed by atoms with Crippen LogP contribution in [0, 0.1) is 5.82 Å². The highest BCUT2D eigenvalue weighted by molar-refractivity contribution is 5.93. The van der Waals surface area contributed by atoms with Crippen molar-refractivity contribution in [3.8, 4) is 0 Å². The Morgan fingerprint density at radius 1 is 1.50 bits per heavy atom. The van der Waals surface area contributed by atoms with Gasteiger partial charge in [0.25, 0.3) is 0 Å². The Morgan fingerprint density at radius 3 is 2.61 bits per heavy atom. The van der Waals surface area contributed by atoms with Crippen molar-refractivity contribution < 1.29 is 19.4 Å². The van der Waals surface area contributed by atoms with Crippen molar-refractivity contribution in [3.63, 3.8) is 0 Å². The average Bonchev–Trinajstić information content (AvgIpc) is 2.36. The van der Waals surface area contributed by atoms with Crippen molar-refractivity contribution in [2.45, 2.75) is 32.3 Å². The van der Waals surface area contributed by atoms with Crippen LogP contribution in [0.25, 0.3) is 0 Å². The standard InChI is InChI=1S/C12H17FN2O3/c1-3-12(18,4-2)7-15-10-9(11(16)17)5-8(13)6-14-10/h5-6,18H,3-4,7H2,1-2H3,(H,14,15)(H,16,17). The van der Waals surface area contributed by atoms with E-state index in [9.17, 15) is 14.3 Å². The summed E-state index contributed by atoms with van der Waals surface area (Å²) in [6, 6.07) is 0.897. The van der Waals surface area contributed by atoms with Gasteiger partial charge in [0.15, 0.2) is 0 Å². The van der Waals surface area contributed by atoms with Crippen molar-refractivity contribution in [2.75, 3.05) is 11.9 Å². The van der Waals surface area contributed by atoms with E-state index in [1.165, 1.54) is 0 Å². The molecule has 1 aromatic rings. The molecule has 0 aliphatic carbocycles. The van der Waals surface area contributed by atoms with Crippen molar-refractivity contribution in [1.82, 2.24) is 4.98 Å². The summed E-state index contributed by atoms with van der Waals surface area (Å²) >= 11 is 0. The first-order valence-corrected chi connectivity index (χ1v) is 5.77. The fraction of sp³-hybridized carbons (Fsp3) is 0.500. The number of aliphatic hydroxyl groups is 1. The number of hydrogen-bond donors (Lipinski definition) is 3. The summed E-state index contributed by atoms with van der Waals surface area (Å²) in [5, 5.41) is 21.7. The predicted molar refractivity (Wildman–Crippen MR) is 65.2 cm³/mol. The normalized spacial score (nSPS) is 11.3. The van der Waals surface area contributed by atoms with Crippen LogP contribution in [0.3, 0.4) is 0 Å². The molecule has 0 fully saturated rings. The largest absolute Gasteiger partial charge is 0.478 e. The molecule has 100 valence electrons. The van der Waals surface area contributed by atoms with Gasteiger partial charge in [-0.2, -0.15) is 0 Å². The first-order valence-electron chi connectivity index (χ1n) is 5.77. The summed E-state index contributed by atoms with van der Waals surface area (Å²) in [7, 11) is 0. The van der Waals surface area contributed by atoms with Crippen molar-refractivity contribution >= 4 is 11.8 Å². The monoisotopic (exact) mass is 256 g/mol. The zero-order chi connectivity index (χ0) is 13.8. The van der Waals surface area contributed by atoms with Gasteiger partial charge in [0.1, 0.15) is 17.2 Å². The second kappa shape index (κ2) is 5.77. The maximum atomic E-state index is 12.9. The summed E-state index contributed by atoms with van der Waals surface area (Å²) in [5.74, 6) is -1.91. The SMILES string of the molecule is CCC(O)(CC)CNc1ncc(F)cc1C(=O)O. The Morgan fingerprint density at radius 2 is 2.11 bits per heavy atom. The van der Waals surface area contributed by atoms with Crippen LogP contribution in [0.5, 0.6) is 0 Å². The number of pyridine rings is 1. The molecule has 0 radical (unpaired) electrons. The fourth-order valence-electron chi connectivity index (χ4n) is 1.49. The smallest absolute Gasteiger partial charge is 0.339 e. The Hall–Kier alpha value is -1.69. The maximum Gasteiger partial charge on any atom is 0.339 e. The number of carbonyl (C=O) groups is 1. The van der Waals surface area contributed by atoms with Crippen LogP contribution in [0.15, 0.2) is 12.3 Å². The fourth-order valence-corrected chi connectivity index (χ4v) is 1.49. The molecular weight excluding hydrogens is 239 g/mol. The number of hydrogen-bond acceptors (Lipinski definition) is 4. The number of carboxylic acids is 1. The van der Waals surface area contributed by atoms with Crippen LogP contribution >= 0.6 is 0 Å². The molecule has 0 aliphatic heterocycles. The molecule has 0 bridgehead atoms. The number of anilines is 1. The summed E-state index contributed by atoms with van der Waals surface area (Å²) in [6.07, 6.45) is 1.99. The average molecular weight is 256 g/mol. The van der Waals surface area contributed by atoms with Gasteiger partial charge in [-0.25, -0.2) is 14.2 Å². The molecule has 6 heteroatoms. The third kappa shape index (κ3) is 3.40. The minimum atomic E-state index is -1.26. The van der Waals surface area contributed by atoms with Gasteiger partial charge in [0, 0.05) is 6.54 Å². The molecule has 0 spiro atoms. The number of aromatic carboxylic acids is 1. The molecular formula is C12H17FN2O3. The second-order valence-electron chi connectivity index (χ2n) is 4.14. The number of halogens is 1. The highest BCUT2D eigenvalue weighted by Gasteiger charge is 2.23. The van der Waals surface area contributed by atoms with Gasteiger partial charge in [-0.15, -0.1) is 0 Å². The van der Waals surface area contributed by atoms with Crippen LogP contribution in [-0.4, -0.2) is 33.3 Å². The lowest BCUT2D eigenvalue weighted by Gasteiger charge is -2.25. The van der Waals surface area contributed by atoms with Gasteiger partial charge in [0.05, 0.1) is 11.8 Å². The molecule has 0 saturated heterocycles. The van der Waals surface area contributed by atoms with Crippen molar-refractivity contribution in [2.24, 2.45) is 0 Å². The Balaban J connectivity index is 2.88. The number of nitrogens with one attached hydrogen (secondary N) is 1. The van der Waals surface area contributed by atoms with Gasteiger partial charge >= 0.3 is 5.97 Å². The number of nitrogens with zero attached hydrogens (tertiary/aromatic N) is 1. The zero-order valence-corrected chi connectivity index (χ0v) is 10.4. The first-order chi connectivity index (χ1) is 8.41. The Kier molecular flexibility index (Phi) is 4.61. The highest BCUT2D eigenvalue weighted by Crippen LogP contribution is 2.18. The molecule has 0 amide bonds. The van der Waals surface area contributed by atoms with E-state index in [-0.39, 0.29) is 17.9 Å². The van der Waals surface area contributed by atoms with Gasteiger partial charge in [-0.05, 0) is 18.9 Å². The van der Waals surface area contributed by atoms with Crippen LogP contribution in [0.4, 0.5) is 10.2 Å². The van der Waals surface area contributed by atoms with Crippen molar-refractivity contribution in [3.05, 3.63) is 23.6 Å². The predicted octanol–water partition coefficient (Wildman–Crippen LogP) is 1.88. The minimum absolute atomic E-state index is 0.0595. The van der Waals surface area contributed by atoms with Crippen LogP contribution < -0.4 is 5.32 Å². The number of rotatable bonds is 6. The number of carboxylic acid groups (broad SMARTS) is 1. The second-order valence-corrected chi connectivity index (χ2v) is 4.14. The summed E-state index contributed by atoms with van der Waals surface area (Å²) < 4.78 is 12.9. The first kappa shape index (κ1) is 14.4. The summed E-state index contributed by atoms with van der Waals surface area (Å²) in [4.78, 5) is 14.6. The summed E-state index contributed by atoms with van der Waals surface area (Å²) in [6.45, 7) is 3.83. The molecule has 0 unspecified atom stereocenters. The number of aromatic nitrogens is 1. The van der Waals surface area contributed by atoms with Gasteiger partial charge in [0.2, 0.25) is 0 Å². The maximum absolute atomic E-state index is 12.9. The molecule has 0 saturated carbocycles. The molecule has 1 rings (SSSR count). The van der Waals surface area contributed by atoms with E-state index >= 15 is 0 Å². The van der Waals surface area contributed by atoms with Gasteiger partial charge < -0.3 is 15.5 Å². The van der Waals surface area contributed by atoms with E-state index in [4.69, 9.17) is 5.11 Å². The molecule has 0 atom stereocenters. The molecule has 0 aromatic carbocycles. The molecule has 0 aliphatic rings. The van der Waals surface area contributed by atoms with E-state index in [2.05, 4.69) is 10.3 Å². The van der Waals surface area contributed by atoms with E-state index in [1.807, 2.05) is 13.8 Å². The van der Waals surface area contributed by atoms with E-state index in [0.29, 0.717) is 12.8 Å². The molecule has 18 heavy (non-hydrogen) atoms. The summed E-state index contributed by atoms with van der Waals surface area (Å²) in [5.41, 5.74) is -1.17. The van der Waals surface area contributed by atoms with Gasteiger partial charge in [-0.1, -0.05) is 13.8 Å². The molecule has 3 N–H and O–H groups in total. The van der Waals surface area contributed by atoms with Gasteiger partial charge in [-0.3, -0.25) is 0 Å². The Labute approximate surface area is 105 Å². The van der Waals surface area contributed by atoms with Crippen LogP contribution in [-0.2, 0) is 0 Å². The topological polar surface area (TPSA) is 82.5 Å². The van der Waals surface area contributed by atoms with Crippen LogP contribution in [0.2, 0.25) is 0 Å². The van der Waals surface area contributed by atoms with E-state index in [0.717, 1.165) is 12.3 Å². The third-order valence-electron chi connectivity index (χ3n) is 2.99.